The van der Waals surface area contributed by atoms with Crippen molar-refractivity contribution in [1.82, 2.24) is 5.32 Å². The SMILES string of the molecule is CCOc1ccc2c(c1)CCNC2c1ccc(OC)c(OC)c1. The van der Waals surface area contributed by atoms with Gasteiger partial charge in [0.05, 0.1) is 26.9 Å². The molecular weight excluding hydrogens is 290 g/mol. The Morgan fingerprint density at radius 1 is 1.04 bits per heavy atom. The van der Waals surface area contributed by atoms with Gasteiger partial charge in [-0.15, -0.1) is 0 Å². The second kappa shape index (κ2) is 6.92. The first kappa shape index (κ1) is 15.7. The minimum absolute atomic E-state index is 0.161. The zero-order chi connectivity index (χ0) is 16.2. The maximum Gasteiger partial charge on any atom is 0.161 e. The maximum atomic E-state index is 5.62. The van der Waals surface area contributed by atoms with Gasteiger partial charge in [0.2, 0.25) is 0 Å². The van der Waals surface area contributed by atoms with Gasteiger partial charge in [0.1, 0.15) is 5.75 Å². The lowest BCUT2D eigenvalue weighted by molar-refractivity contribution is 0.339. The molecule has 4 nitrogen and oxygen atoms in total. The quantitative estimate of drug-likeness (QED) is 0.919. The van der Waals surface area contributed by atoms with Crippen molar-refractivity contribution >= 4 is 0 Å². The van der Waals surface area contributed by atoms with Crippen molar-refractivity contribution in [2.45, 2.75) is 19.4 Å². The molecule has 2 aromatic carbocycles. The first-order valence-electron chi connectivity index (χ1n) is 7.97. The summed E-state index contributed by atoms with van der Waals surface area (Å²) in [5.41, 5.74) is 3.81. The second-order valence-electron chi connectivity index (χ2n) is 5.55. The first-order chi connectivity index (χ1) is 11.3. The highest BCUT2D eigenvalue weighted by Gasteiger charge is 2.22. The van der Waals surface area contributed by atoms with Crippen LogP contribution in [-0.4, -0.2) is 27.4 Å². The molecule has 1 unspecified atom stereocenters. The van der Waals surface area contributed by atoms with Crippen LogP contribution >= 0.6 is 0 Å². The van der Waals surface area contributed by atoms with E-state index in [4.69, 9.17) is 14.2 Å². The molecule has 1 aliphatic heterocycles. The topological polar surface area (TPSA) is 39.7 Å². The summed E-state index contributed by atoms with van der Waals surface area (Å²) >= 11 is 0. The van der Waals surface area contributed by atoms with Crippen LogP contribution in [0.1, 0.15) is 29.7 Å². The Bertz CT molecular complexity index is 684. The largest absolute Gasteiger partial charge is 0.494 e. The number of benzene rings is 2. The molecule has 23 heavy (non-hydrogen) atoms. The van der Waals surface area contributed by atoms with E-state index in [1.165, 1.54) is 16.7 Å². The smallest absolute Gasteiger partial charge is 0.161 e. The standard InChI is InChI=1S/C19H23NO3/c1-4-23-15-6-7-16-13(11-15)9-10-20-19(16)14-5-8-17(21-2)18(12-14)22-3/h5-8,11-12,19-20H,4,9-10H2,1-3H3. The molecule has 0 fully saturated rings. The minimum Gasteiger partial charge on any atom is -0.494 e. The maximum absolute atomic E-state index is 5.62. The Morgan fingerprint density at radius 3 is 2.61 bits per heavy atom. The van der Waals surface area contributed by atoms with Crippen LogP contribution in [0, 0.1) is 0 Å². The number of hydrogen-bond donors (Lipinski definition) is 1. The van der Waals surface area contributed by atoms with Crippen LogP contribution in [0.25, 0.3) is 0 Å². The lowest BCUT2D eigenvalue weighted by Crippen LogP contribution is -2.30. The third-order valence-electron chi connectivity index (χ3n) is 4.22. The minimum atomic E-state index is 0.161. The third kappa shape index (κ3) is 3.13. The van der Waals surface area contributed by atoms with Crippen molar-refractivity contribution in [2.24, 2.45) is 0 Å². The van der Waals surface area contributed by atoms with Gasteiger partial charge in [-0.05, 0) is 54.3 Å². The molecule has 122 valence electrons. The van der Waals surface area contributed by atoms with Crippen molar-refractivity contribution in [3.8, 4) is 17.2 Å². The van der Waals surface area contributed by atoms with E-state index in [1.54, 1.807) is 14.2 Å². The molecule has 2 aromatic rings. The average Bonchev–Trinajstić information content (AvgIpc) is 2.60. The number of fused-ring (bicyclic) bond motifs is 1. The summed E-state index contributed by atoms with van der Waals surface area (Å²) in [4.78, 5) is 0. The monoisotopic (exact) mass is 313 g/mol. The Morgan fingerprint density at radius 2 is 1.87 bits per heavy atom. The number of ether oxygens (including phenoxy) is 3. The lowest BCUT2D eigenvalue weighted by atomic mass is 9.89. The molecule has 0 bridgehead atoms. The molecule has 1 atom stereocenters. The van der Waals surface area contributed by atoms with E-state index >= 15 is 0 Å². The third-order valence-corrected chi connectivity index (χ3v) is 4.22. The van der Waals surface area contributed by atoms with Crippen LogP contribution in [0.15, 0.2) is 36.4 Å². The molecule has 1 aliphatic rings. The predicted octanol–water partition coefficient (Wildman–Crippen LogP) is 3.34. The van der Waals surface area contributed by atoms with Crippen molar-refractivity contribution in [3.05, 3.63) is 53.1 Å². The molecule has 0 saturated carbocycles. The van der Waals surface area contributed by atoms with Crippen molar-refractivity contribution < 1.29 is 14.2 Å². The average molecular weight is 313 g/mol. The molecular formula is C19H23NO3. The van der Waals surface area contributed by atoms with Gasteiger partial charge in [0, 0.05) is 6.54 Å². The molecule has 0 spiro atoms. The van der Waals surface area contributed by atoms with E-state index < -0.39 is 0 Å². The van der Waals surface area contributed by atoms with E-state index in [-0.39, 0.29) is 6.04 Å². The Labute approximate surface area is 137 Å². The van der Waals surface area contributed by atoms with Crippen LogP contribution < -0.4 is 19.5 Å². The summed E-state index contributed by atoms with van der Waals surface area (Å²) in [5, 5.41) is 3.59. The highest BCUT2D eigenvalue weighted by Crippen LogP contribution is 2.35. The number of methoxy groups -OCH3 is 2. The Balaban J connectivity index is 1.96. The lowest BCUT2D eigenvalue weighted by Gasteiger charge is -2.28. The van der Waals surface area contributed by atoms with Crippen LogP contribution in [0.3, 0.4) is 0 Å². The fourth-order valence-corrected chi connectivity index (χ4v) is 3.13. The van der Waals surface area contributed by atoms with Crippen LogP contribution in [0.4, 0.5) is 0 Å². The highest BCUT2D eigenvalue weighted by atomic mass is 16.5. The van der Waals surface area contributed by atoms with Gasteiger partial charge in [-0.1, -0.05) is 12.1 Å². The van der Waals surface area contributed by atoms with Gasteiger partial charge >= 0.3 is 0 Å². The first-order valence-corrected chi connectivity index (χ1v) is 7.97. The zero-order valence-electron chi connectivity index (χ0n) is 13.9. The normalized spacial score (nSPS) is 16.6. The Kier molecular flexibility index (Phi) is 4.72. The molecule has 0 radical (unpaired) electrons. The highest BCUT2D eigenvalue weighted by molar-refractivity contribution is 5.48. The van der Waals surface area contributed by atoms with Crippen molar-refractivity contribution in [1.29, 1.82) is 0 Å². The summed E-state index contributed by atoms with van der Waals surface area (Å²) < 4.78 is 16.4. The molecule has 3 rings (SSSR count). The molecule has 0 saturated heterocycles. The molecule has 4 heteroatoms. The number of nitrogens with one attached hydrogen (secondary N) is 1. The molecule has 0 aromatic heterocycles. The van der Waals surface area contributed by atoms with Gasteiger partial charge in [-0.3, -0.25) is 0 Å². The summed E-state index contributed by atoms with van der Waals surface area (Å²) in [7, 11) is 3.32. The second-order valence-corrected chi connectivity index (χ2v) is 5.55. The summed E-state index contributed by atoms with van der Waals surface area (Å²) in [6.07, 6.45) is 1.01. The van der Waals surface area contributed by atoms with Gasteiger partial charge in [0.15, 0.2) is 11.5 Å². The number of hydrogen-bond acceptors (Lipinski definition) is 4. The van der Waals surface area contributed by atoms with E-state index in [9.17, 15) is 0 Å². The summed E-state index contributed by atoms with van der Waals surface area (Å²) in [6.45, 7) is 3.64. The van der Waals surface area contributed by atoms with Crippen LogP contribution in [-0.2, 0) is 6.42 Å². The van der Waals surface area contributed by atoms with E-state index in [1.807, 2.05) is 25.1 Å². The van der Waals surface area contributed by atoms with Gasteiger partial charge in [-0.2, -0.15) is 0 Å². The summed E-state index contributed by atoms with van der Waals surface area (Å²) in [5.74, 6) is 2.45. The number of rotatable bonds is 5. The van der Waals surface area contributed by atoms with Crippen molar-refractivity contribution in [2.75, 3.05) is 27.4 Å². The molecule has 0 aliphatic carbocycles. The zero-order valence-corrected chi connectivity index (χ0v) is 13.9. The van der Waals surface area contributed by atoms with Crippen molar-refractivity contribution in [3.63, 3.8) is 0 Å². The molecule has 1 heterocycles. The summed E-state index contributed by atoms with van der Waals surface area (Å²) in [6, 6.07) is 12.6. The molecule has 0 amide bonds. The van der Waals surface area contributed by atoms with Crippen LogP contribution in [0.2, 0.25) is 0 Å². The van der Waals surface area contributed by atoms with Gasteiger partial charge in [-0.25, -0.2) is 0 Å². The van der Waals surface area contributed by atoms with Gasteiger partial charge in [0.25, 0.3) is 0 Å². The van der Waals surface area contributed by atoms with E-state index in [0.29, 0.717) is 6.61 Å². The fourth-order valence-electron chi connectivity index (χ4n) is 3.13. The Hall–Kier alpha value is -2.20. The molecule has 1 N–H and O–H groups in total. The van der Waals surface area contributed by atoms with E-state index in [0.717, 1.165) is 30.2 Å². The van der Waals surface area contributed by atoms with Gasteiger partial charge < -0.3 is 19.5 Å². The van der Waals surface area contributed by atoms with Crippen LogP contribution in [0.5, 0.6) is 17.2 Å². The predicted molar refractivity (Wildman–Crippen MR) is 90.7 cm³/mol. The van der Waals surface area contributed by atoms with E-state index in [2.05, 4.69) is 23.5 Å². The fraction of sp³-hybridized carbons (Fsp3) is 0.368.